The Morgan fingerprint density at radius 2 is 2.35 bits per heavy atom. The fraction of sp³-hybridized carbons (Fsp3) is 0.538. The van der Waals surface area contributed by atoms with E-state index in [1.807, 2.05) is 13.0 Å². The van der Waals surface area contributed by atoms with E-state index in [-0.39, 0.29) is 11.9 Å². The summed E-state index contributed by atoms with van der Waals surface area (Å²) in [7, 11) is 0. The Balaban J connectivity index is 2.10. The lowest BCUT2D eigenvalue weighted by Crippen LogP contribution is -2.30. The largest absolute Gasteiger partial charge is 0.381 e. The molecule has 17 heavy (non-hydrogen) atoms. The normalized spacial score (nSPS) is 21.7. The van der Waals surface area contributed by atoms with E-state index >= 15 is 0 Å². The van der Waals surface area contributed by atoms with Crippen molar-refractivity contribution < 1.29 is 9.13 Å². The van der Waals surface area contributed by atoms with Crippen molar-refractivity contribution in [2.75, 3.05) is 13.2 Å². The fourth-order valence-electron chi connectivity index (χ4n) is 2.37. The van der Waals surface area contributed by atoms with Crippen molar-refractivity contribution in [2.45, 2.75) is 25.8 Å². The van der Waals surface area contributed by atoms with E-state index in [0.717, 1.165) is 37.2 Å². The van der Waals surface area contributed by atoms with Gasteiger partial charge in [0.1, 0.15) is 5.82 Å². The third-order valence-corrected chi connectivity index (χ3v) is 3.26. The van der Waals surface area contributed by atoms with Crippen LogP contribution in [0.5, 0.6) is 0 Å². The van der Waals surface area contributed by atoms with Gasteiger partial charge in [0.05, 0.1) is 0 Å². The number of ether oxygens (including phenoxy) is 1. The number of hydrazine groups is 1. The predicted molar refractivity (Wildman–Crippen MR) is 64.7 cm³/mol. The second kappa shape index (κ2) is 5.58. The van der Waals surface area contributed by atoms with Crippen molar-refractivity contribution in [3.8, 4) is 0 Å². The van der Waals surface area contributed by atoms with Crippen LogP contribution in [0.4, 0.5) is 4.39 Å². The van der Waals surface area contributed by atoms with Crippen LogP contribution >= 0.6 is 0 Å². The second-order valence-electron chi connectivity index (χ2n) is 4.75. The van der Waals surface area contributed by atoms with Gasteiger partial charge in [-0.3, -0.25) is 11.3 Å². The fourth-order valence-corrected chi connectivity index (χ4v) is 2.37. The van der Waals surface area contributed by atoms with Crippen LogP contribution in [-0.4, -0.2) is 13.2 Å². The van der Waals surface area contributed by atoms with Crippen LogP contribution in [0.2, 0.25) is 0 Å². The van der Waals surface area contributed by atoms with Crippen LogP contribution in [0.1, 0.15) is 30.0 Å². The predicted octanol–water partition coefficient (Wildman–Crippen LogP) is 2.07. The first-order valence-corrected chi connectivity index (χ1v) is 6.00. The Labute approximate surface area is 101 Å². The summed E-state index contributed by atoms with van der Waals surface area (Å²) >= 11 is 0. The highest BCUT2D eigenvalue weighted by molar-refractivity contribution is 5.26. The molecule has 2 rings (SSSR count). The van der Waals surface area contributed by atoms with Crippen LogP contribution in [-0.2, 0) is 4.74 Å². The topological polar surface area (TPSA) is 47.3 Å². The first kappa shape index (κ1) is 12.5. The average molecular weight is 238 g/mol. The molecule has 0 aromatic heterocycles. The lowest BCUT2D eigenvalue weighted by molar-refractivity contribution is 0.181. The lowest BCUT2D eigenvalue weighted by atomic mass is 9.94. The third-order valence-electron chi connectivity index (χ3n) is 3.26. The summed E-state index contributed by atoms with van der Waals surface area (Å²) in [6, 6.07) is 5.04. The molecular formula is C13H19FN2O. The van der Waals surface area contributed by atoms with Gasteiger partial charge in [0.15, 0.2) is 0 Å². The molecule has 2 unspecified atom stereocenters. The van der Waals surface area contributed by atoms with Gasteiger partial charge in [-0.15, -0.1) is 0 Å². The minimum Gasteiger partial charge on any atom is -0.381 e. The van der Waals surface area contributed by atoms with Gasteiger partial charge in [0.2, 0.25) is 0 Å². The van der Waals surface area contributed by atoms with Gasteiger partial charge >= 0.3 is 0 Å². The number of nitrogens with two attached hydrogens (primary N) is 1. The van der Waals surface area contributed by atoms with E-state index in [1.54, 1.807) is 6.07 Å². The van der Waals surface area contributed by atoms with Crippen molar-refractivity contribution in [1.82, 2.24) is 5.43 Å². The molecule has 0 aliphatic carbocycles. The summed E-state index contributed by atoms with van der Waals surface area (Å²) in [6.45, 7) is 3.50. The van der Waals surface area contributed by atoms with E-state index in [0.29, 0.717) is 5.92 Å². The van der Waals surface area contributed by atoms with Crippen molar-refractivity contribution in [3.05, 3.63) is 35.1 Å². The minimum atomic E-state index is -0.206. The van der Waals surface area contributed by atoms with Crippen LogP contribution in [0.25, 0.3) is 0 Å². The summed E-state index contributed by atoms with van der Waals surface area (Å²) in [5.74, 6) is 5.88. The summed E-state index contributed by atoms with van der Waals surface area (Å²) in [5, 5.41) is 0. The molecule has 3 nitrogen and oxygen atoms in total. The summed E-state index contributed by atoms with van der Waals surface area (Å²) in [6.07, 6.45) is 1.95. The maximum absolute atomic E-state index is 13.3. The molecule has 0 bridgehead atoms. The van der Waals surface area contributed by atoms with E-state index in [9.17, 15) is 4.39 Å². The zero-order valence-corrected chi connectivity index (χ0v) is 10.1. The first-order chi connectivity index (χ1) is 8.19. The highest BCUT2D eigenvalue weighted by atomic mass is 19.1. The van der Waals surface area contributed by atoms with Crippen molar-refractivity contribution in [3.63, 3.8) is 0 Å². The minimum absolute atomic E-state index is 0.00361. The average Bonchev–Trinajstić information content (AvgIpc) is 2.77. The summed E-state index contributed by atoms with van der Waals surface area (Å²) in [4.78, 5) is 0. The van der Waals surface area contributed by atoms with Crippen molar-refractivity contribution in [2.24, 2.45) is 11.8 Å². The van der Waals surface area contributed by atoms with E-state index < -0.39 is 0 Å². The molecule has 0 saturated carbocycles. The SMILES string of the molecule is Cc1cc(F)cc(C(CC2CCOC2)NN)c1. The smallest absolute Gasteiger partial charge is 0.123 e. The third kappa shape index (κ3) is 3.25. The Hall–Kier alpha value is -0.970. The molecule has 0 spiro atoms. The molecule has 1 saturated heterocycles. The number of nitrogens with one attached hydrogen (secondary N) is 1. The molecule has 94 valence electrons. The Bertz CT molecular complexity index is 357. The molecule has 0 radical (unpaired) electrons. The van der Waals surface area contributed by atoms with Crippen LogP contribution < -0.4 is 11.3 Å². The van der Waals surface area contributed by atoms with Gasteiger partial charge in [0, 0.05) is 19.3 Å². The number of aryl methyl sites for hydroxylation is 1. The number of hydrogen-bond donors (Lipinski definition) is 2. The molecule has 1 fully saturated rings. The Morgan fingerprint density at radius 3 is 2.94 bits per heavy atom. The van der Waals surface area contributed by atoms with Gasteiger partial charge in [-0.25, -0.2) is 4.39 Å². The number of halogens is 1. The highest BCUT2D eigenvalue weighted by Crippen LogP contribution is 2.26. The molecule has 4 heteroatoms. The van der Waals surface area contributed by atoms with Gasteiger partial charge < -0.3 is 4.74 Å². The Kier molecular flexibility index (Phi) is 4.10. The quantitative estimate of drug-likeness (QED) is 0.623. The molecule has 3 N–H and O–H groups in total. The van der Waals surface area contributed by atoms with Gasteiger partial charge in [-0.1, -0.05) is 6.07 Å². The molecule has 1 aromatic carbocycles. The number of rotatable bonds is 4. The molecular weight excluding hydrogens is 219 g/mol. The lowest BCUT2D eigenvalue weighted by Gasteiger charge is -2.20. The first-order valence-electron chi connectivity index (χ1n) is 6.00. The molecule has 1 aliphatic rings. The van der Waals surface area contributed by atoms with Crippen molar-refractivity contribution >= 4 is 0 Å². The van der Waals surface area contributed by atoms with Gasteiger partial charge in [0.25, 0.3) is 0 Å². The van der Waals surface area contributed by atoms with Crippen LogP contribution in [0.3, 0.4) is 0 Å². The van der Waals surface area contributed by atoms with Crippen LogP contribution in [0.15, 0.2) is 18.2 Å². The Morgan fingerprint density at radius 1 is 1.53 bits per heavy atom. The zero-order valence-electron chi connectivity index (χ0n) is 10.1. The monoisotopic (exact) mass is 238 g/mol. The van der Waals surface area contributed by atoms with Gasteiger partial charge in [-0.05, 0) is 48.9 Å². The summed E-state index contributed by atoms with van der Waals surface area (Å²) in [5.41, 5.74) is 4.61. The number of benzene rings is 1. The summed E-state index contributed by atoms with van der Waals surface area (Å²) < 4.78 is 18.7. The second-order valence-corrected chi connectivity index (χ2v) is 4.75. The standard InChI is InChI=1S/C13H19FN2O/c1-9-4-11(7-12(14)5-9)13(16-15)6-10-2-3-17-8-10/h4-5,7,10,13,16H,2-3,6,8,15H2,1H3. The molecule has 1 aromatic rings. The number of hydrogen-bond acceptors (Lipinski definition) is 3. The van der Waals surface area contributed by atoms with Crippen molar-refractivity contribution in [1.29, 1.82) is 0 Å². The molecule has 0 amide bonds. The van der Waals surface area contributed by atoms with E-state index in [4.69, 9.17) is 10.6 Å². The zero-order chi connectivity index (χ0) is 12.3. The van der Waals surface area contributed by atoms with Gasteiger partial charge in [-0.2, -0.15) is 0 Å². The molecule has 1 aliphatic heterocycles. The highest BCUT2D eigenvalue weighted by Gasteiger charge is 2.21. The molecule has 1 heterocycles. The maximum Gasteiger partial charge on any atom is 0.123 e. The molecule has 2 atom stereocenters. The van der Waals surface area contributed by atoms with Crippen LogP contribution in [0, 0.1) is 18.7 Å². The van der Waals surface area contributed by atoms with E-state index in [1.165, 1.54) is 6.07 Å². The maximum atomic E-state index is 13.3. The van der Waals surface area contributed by atoms with E-state index in [2.05, 4.69) is 5.43 Å².